The number of alkyl halides is 3. The van der Waals surface area contributed by atoms with E-state index >= 15 is 0 Å². The average Bonchev–Trinajstić information content (AvgIpc) is 2.75. The number of rotatable bonds is 7. The molecule has 0 saturated carbocycles. The number of nitro groups is 1. The Hall–Kier alpha value is -3.30. The smallest absolute Gasteiger partial charge is 0.416 e. The van der Waals surface area contributed by atoms with E-state index in [4.69, 9.17) is 4.74 Å². The normalized spacial score (nSPS) is 14.4. The lowest BCUT2D eigenvalue weighted by molar-refractivity contribution is -0.384. The first-order valence-corrected chi connectivity index (χ1v) is 10.2. The number of nitro benzene ring substituents is 1. The SMILES string of the molecule is Cc1cccc(OCCCC(=O)N2CCN(c3ccc(C(F)(F)F)cc3[N+](=O)[O-])CC2)c1. The number of amides is 1. The van der Waals surface area contributed by atoms with Gasteiger partial charge in [0.15, 0.2) is 0 Å². The second kappa shape index (κ2) is 9.88. The topological polar surface area (TPSA) is 75.9 Å². The Labute approximate surface area is 183 Å². The first kappa shape index (κ1) is 23.4. The van der Waals surface area contributed by atoms with E-state index in [2.05, 4.69) is 0 Å². The standard InChI is InChI=1S/C22H24F3N3O4/c1-16-4-2-5-18(14-16)32-13-3-6-21(29)27-11-9-26(10-12-27)19-8-7-17(22(23,24)25)15-20(19)28(30)31/h2,4-5,7-8,14-15H,3,6,9-13H2,1H3. The Morgan fingerprint density at radius 3 is 2.47 bits per heavy atom. The van der Waals surface area contributed by atoms with E-state index in [0.29, 0.717) is 51.7 Å². The van der Waals surface area contributed by atoms with Crippen molar-refractivity contribution in [2.75, 3.05) is 37.7 Å². The molecule has 1 amide bonds. The highest BCUT2D eigenvalue weighted by Crippen LogP contribution is 2.36. The van der Waals surface area contributed by atoms with Gasteiger partial charge in [-0.15, -0.1) is 0 Å². The molecule has 0 spiro atoms. The quantitative estimate of drug-likeness (QED) is 0.354. The summed E-state index contributed by atoms with van der Waals surface area (Å²) in [4.78, 5) is 26.3. The van der Waals surface area contributed by atoms with Gasteiger partial charge >= 0.3 is 6.18 Å². The molecule has 1 aliphatic heterocycles. The van der Waals surface area contributed by atoms with Crippen molar-refractivity contribution in [2.24, 2.45) is 0 Å². The summed E-state index contributed by atoms with van der Waals surface area (Å²) in [5.41, 5.74) is -0.436. The highest BCUT2D eigenvalue weighted by molar-refractivity contribution is 5.76. The second-order valence-corrected chi connectivity index (χ2v) is 7.59. The predicted molar refractivity (Wildman–Crippen MR) is 113 cm³/mol. The van der Waals surface area contributed by atoms with Crippen molar-refractivity contribution < 1.29 is 27.6 Å². The molecule has 0 radical (unpaired) electrons. The molecule has 0 unspecified atom stereocenters. The molecule has 2 aromatic carbocycles. The molecular weight excluding hydrogens is 427 g/mol. The van der Waals surface area contributed by atoms with Crippen molar-refractivity contribution in [1.29, 1.82) is 0 Å². The zero-order chi connectivity index (χ0) is 23.3. The number of hydrogen-bond donors (Lipinski definition) is 0. The van der Waals surface area contributed by atoms with Crippen LogP contribution in [0.4, 0.5) is 24.5 Å². The summed E-state index contributed by atoms with van der Waals surface area (Å²) in [5, 5.41) is 11.3. The molecule has 1 heterocycles. The van der Waals surface area contributed by atoms with Gasteiger partial charge in [-0.3, -0.25) is 14.9 Å². The van der Waals surface area contributed by atoms with Gasteiger partial charge in [-0.2, -0.15) is 13.2 Å². The van der Waals surface area contributed by atoms with Crippen molar-refractivity contribution in [2.45, 2.75) is 25.9 Å². The van der Waals surface area contributed by atoms with Crippen LogP contribution >= 0.6 is 0 Å². The summed E-state index contributed by atoms with van der Waals surface area (Å²) in [6.07, 6.45) is -3.79. The minimum absolute atomic E-state index is 0.0422. The number of benzene rings is 2. The highest BCUT2D eigenvalue weighted by atomic mass is 19.4. The van der Waals surface area contributed by atoms with Gasteiger partial charge in [-0.25, -0.2) is 0 Å². The Morgan fingerprint density at radius 2 is 1.84 bits per heavy atom. The third kappa shape index (κ3) is 5.89. The first-order chi connectivity index (χ1) is 15.1. The van der Waals surface area contributed by atoms with Crippen molar-refractivity contribution in [3.05, 3.63) is 63.7 Å². The summed E-state index contributed by atoms with van der Waals surface area (Å²) in [5.74, 6) is 0.712. The zero-order valence-electron chi connectivity index (χ0n) is 17.6. The Kier molecular flexibility index (Phi) is 7.22. The number of aryl methyl sites for hydroxylation is 1. The Morgan fingerprint density at radius 1 is 1.12 bits per heavy atom. The molecule has 32 heavy (non-hydrogen) atoms. The van der Waals surface area contributed by atoms with E-state index in [1.807, 2.05) is 31.2 Å². The van der Waals surface area contributed by atoms with Gasteiger partial charge in [-0.05, 0) is 43.2 Å². The molecule has 0 bridgehead atoms. The van der Waals surface area contributed by atoms with Crippen LogP contribution in [0.15, 0.2) is 42.5 Å². The van der Waals surface area contributed by atoms with Gasteiger partial charge in [0.05, 0.1) is 17.1 Å². The summed E-state index contributed by atoms with van der Waals surface area (Å²) in [6.45, 7) is 3.67. The summed E-state index contributed by atoms with van der Waals surface area (Å²) >= 11 is 0. The van der Waals surface area contributed by atoms with E-state index in [1.54, 1.807) is 9.80 Å². The van der Waals surface area contributed by atoms with E-state index < -0.39 is 22.4 Å². The van der Waals surface area contributed by atoms with Crippen LogP contribution in [0.3, 0.4) is 0 Å². The second-order valence-electron chi connectivity index (χ2n) is 7.59. The number of ether oxygens (including phenoxy) is 1. The number of piperazine rings is 1. The molecule has 3 rings (SSSR count). The van der Waals surface area contributed by atoms with Gasteiger partial charge < -0.3 is 14.5 Å². The van der Waals surface area contributed by atoms with Crippen molar-refractivity contribution >= 4 is 17.3 Å². The van der Waals surface area contributed by atoms with Crippen LogP contribution in [0.5, 0.6) is 5.75 Å². The van der Waals surface area contributed by atoms with Gasteiger partial charge in [0.1, 0.15) is 11.4 Å². The number of nitrogens with zero attached hydrogens (tertiary/aromatic N) is 3. The zero-order valence-corrected chi connectivity index (χ0v) is 17.6. The van der Waals surface area contributed by atoms with E-state index in [1.165, 1.54) is 0 Å². The largest absolute Gasteiger partial charge is 0.494 e. The monoisotopic (exact) mass is 451 g/mol. The van der Waals surface area contributed by atoms with Crippen LogP contribution in [0.25, 0.3) is 0 Å². The lowest BCUT2D eigenvalue weighted by Gasteiger charge is -2.36. The molecule has 2 aromatic rings. The summed E-state index contributed by atoms with van der Waals surface area (Å²) in [6, 6.07) is 10.2. The lowest BCUT2D eigenvalue weighted by atomic mass is 10.1. The van der Waals surface area contributed by atoms with Crippen LogP contribution in [-0.4, -0.2) is 48.5 Å². The molecule has 7 nitrogen and oxygen atoms in total. The Bertz CT molecular complexity index is 973. The van der Waals surface area contributed by atoms with E-state index in [0.717, 1.165) is 23.4 Å². The maximum atomic E-state index is 12.9. The minimum Gasteiger partial charge on any atom is -0.494 e. The average molecular weight is 451 g/mol. The molecule has 10 heteroatoms. The predicted octanol–water partition coefficient (Wildman–Crippen LogP) is 4.43. The van der Waals surface area contributed by atoms with Crippen molar-refractivity contribution in [3.63, 3.8) is 0 Å². The molecule has 1 saturated heterocycles. The molecule has 0 atom stereocenters. The molecule has 172 valence electrons. The highest BCUT2D eigenvalue weighted by Gasteiger charge is 2.34. The van der Waals surface area contributed by atoms with Crippen LogP contribution in [0, 0.1) is 17.0 Å². The molecule has 1 fully saturated rings. The van der Waals surface area contributed by atoms with Crippen molar-refractivity contribution in [3.8, 4) is 5.75 Å². The van der Waals surface area contributed by atoms with Crippen LogP contribution in [0.2, 0.25) is 0 Å². The lowest BCUT2D eigenvalue weighted by Crippen LogP contribution is -2.49. The number of carbonyl (C=O) groups is 1. The maximum Gasteiger partial charge on any atom is 0.416 e. The first-order valence-electron chi connectivity index (χ1n) is 10.2. The van der Waals surface area contributed by atoms with Crippen LogP contribution < -0.4 is 9.64 Å². The third-order valence-electron chi connectivity index (χ3n) is 5.27. The molecule has 0 N–H and O–H groups in total. The van der Waals surface area contributed by atoms with Gasteiger partial charge in [0.2, 0.25) is 5.91 Å². The minimum atomic E-state index is -4.66. The maximum absolute atomic E-state index is 12.9. The molecular formula is C22H24F3N3O4. The Balaban J connectivity index is 1.51. The van der Waals surface area contributed by atoms with Crippen molar-refractivity contribution in [1.82, 2.24) is 4.90 Å². The van der Waals surface area contributed by atoms with Crippen LogP contribution in [0.1, 0.15) is 24.0 Å². The van der Waals surface area contributed by atoms with E-state index in [-0.39, 0.29) is 11.6 Å². The molecule has 0 aliphatic carbocycles. The number of carbonyl (C=O) groups excluding carboxylic acids is 1. The number of anilines is 1. The number of hydrogen-bond acceptors (Lipinski definition) is 5. The molecule has 0 aromatic heterocycles. The number of halogens is 3. The van der Waals surface area contributed by atoms with Gasteiger partial charge in [0, 0.05) is 38.7 Å². The fourth-order valence-corrected chi connectivity index (χ4v) is 3.59. The van der Waals surface area contributed by atoms with E-state index in [9.17, 15) is 28.1 Å². The summed E-state index contributed by atoms with van der Waals surface area (Å²) < 4.78 is 44.3. The fraction of sp³-hybridized carbons (Fsp3) is 0.409. The van der Waals surface area contributed by atoms with Gasteiger partial charge in [-0.1, -0.05) is 12.1 Å². The van der Waals surface area contributed by atoms with Gasteiger partial charge in [0.25, 0.3) is 5.69 Å². The molecule has 1 aliphatic rings. The summed E-state index contributed by atoms with van der Waals surface area (Å²) in [7, 11) is 0. The fourth-order valence-electron chi connectivity index (χ4n) is 3.59. The van der Waals surface area contributed by atoms with Crippen LogP contribution in [-0.2, 0) is 11.0 Å². The third-order valence-corrected chi connectivity index (χ3v) is 5.27.